The molecule has 2 aromatic heterocycles. The number of rotatable bonds is 5. The fourth-order valence-electron chi connectivity index (χ4n) is 3.45. The lowest BCUT2D eigenvalue weighted by Gasteiger charge is -2.10. The molecule has 0 aliphatic heterocycles. The van der Waals surface area contributed by atoms with Crippen molar-refractivity contribution in [3.8, 4) is 11.1 Å². The van der Waals surface area contributed by atoms with Crippen LogP contribution < -0.4 is 10.9 Å². The zero-order valence-electron chi connectivity index (χ0n) is 17.5. The number of carbonyl (C=O) groups excluding carboxylic acids is 1. The number of fused-ring (bicyclic) bond motifs is 1. The van der Waals surface area contributed by atoms with E-state index in [9.17, 15) is 9.59 Å². The van der Waals surface area contributed by atoms with Gasteiger partial charge in [-0.05, 0) is 47.7 Å². The zero-order chi connectivity index (χ0) is 22.1. The molecule has 2 aromatic carbocycles. The van der Waals surface area contributed by atoms with Crippen molar-refractivity contribution in [2.45, 2.75) is 33.2 Å². The Morgan fingerprint density at radius 2 is 1.94 bits per heavy atom. The van der Waals surface area contributed by atoms with E-state index in [1.54, 1.807) is 18.2 Å². The highest BCUT2D eigenvalue weighted by Crippen LogP contribution is 2.31. The zero-order valence-corrected chi connectivity index (χ0v) is 19.1. The van der Waals surface area contributed by atoms with Gasteiger partial charge in [-0.25, -0.2) is 4.98 Å². The average Bonchev–Trinajstić information content (AvgIpc) is 3.17. The van der Waals surface area contributed by atoms with Gasteiger partial charge in [-0.15, -0.1) is 11.3 Å². The van der Waals surface area contributed by atoms with E-state index in [2.05, 4.69) is 36.3 Å². The van der Waals surface area contributed by atoms with Gasteiger partial charge in [-0.2, -0.15) is 0 Å². The topological polar surface area (TPSA) is 64.0 Å². The summed E-state index contributed by atoms with van der Waals surface area (Å²) in [5.74, 6) is 0.140. The highest BCUT2D eigenvalue weighted by Gasteiger charge is 2.15. The van der Waals surface area contributed by atoms with Crippen LogP contribution >= 0.6 is 22.9 Å². The number of aryl methyl sites for hydroxylation is 1. The lowest BCUT2D eigenvalue weighted by molar-refractivity contribution is -0.116. The van der Waals surface area contributed by atoms with Gasteiger partial charge in [0, 0.05) is 21.7 Å². The first-order valence-corrected chi connectivity index (χ1v) is 11.2. The molecule has 7 heteroatoms. The van der Waals surface area contributed by atoms with Gasteiger partial charge in [0.15, 0.2) is 0 Å². The summed E-state index contributed by atoms with van der Waals surface area (Å²) in [5, 5.41) is 5.93. The van der Waals surface area contributed by atoms with Crippen molar-refractivity contribution in [2.75, 3.05) is 5.32 Å². The van der Waals surface area contributed by atoms with Crippen molar-refractivity contribution in [3.05, 3.63) is 80.7 Å². The van der Waals surface area contributed by atoms with Gasteiger partial charge in [-0.3, -0.25) is 14.2 Å². The number of nitrogens with one attached hydrogen (secondary N) is 1. The molecular weight excluding hydrogens is 430 g/mol. The Balaban J connectivity index is 1.64. The van der Waals surface area contributed by atoms with Gasteiger partial charge in [0.25, 0.3) is 5.56 Å². The van der Waals surface area contributed by atoms with E-state index in [1.807, 2.05) is 24.4 Å². The highest BCUT2D eigenvalue weighted by molar-refractivity contribution is 7.17. The van der Waals surface area contributed by atoms with Crippen molar-refractivity contribution in [1.82, 2.24) is 9.55 Å². The quantitative estimate of drug-likeness (QED) is 0.414. The molecular formula is C24H22ClN3O2S. The number of halogens is 1. The number of hydrogen-bond acceptors (Lipinski definition) is 4. The Kier molecular flexibility index (Phi) is 5.94. The van der Waals surface area contributed by atoms with Crippen molar-refractivity contribution in [2.24, 2.45) is 0 Å². The Hall–Kier alpha value is -2.96. The van der Waals surface area contributed by atoms with Crippen LogP contribution in [0.5, 0.6) is 0 Å². The molecule has 0 bridgehead atoms. The Morgan fingerprint density at radius 1 is 1.19 bits per heavy atom. The third-order valence-corrected chi connectivity index (χ3v) is 6.35. The summed E-state index contributed by atoms with van der Waals surface area (Å²) < 4.78 is 1.35. The minimum atomic E-state index is -0.299. The minimum Gasteiger partial charge on any atom is -0.324 e. The first-order chi connectivity index (χ1) is 14.8. The predicted molar refractivity (Wildman–Crippen MR) is 128 cm³/mol. The summed E-state index contributed by atoms with van der Waals surface area (Å²) in [4.78, 5) is 30.8. The van der Waals surface area contributed by atoms with E-state index in [-0.39, 0.29) is 18.0 Å². The number of anilines is 1. The molecule has 158 valence electrons. The van der Waals surface area contributed by atoms with Crippen LogP contribution in [0.3, 0.4) is 0 Å². The number of hydrogen-bond donors (Lipinski definition) is 1. The van der Waals surface area contributed by atoms with E-state index in [1.165, 1.54) is 27.8 Å². The molecule has 0 radical (unpaired) electrons. The van der Waals surface area contributed by atoms with Crippen LogP contribution in [0.4, 0.5) is 5.69 Å². The fourth-order valence-corrected chi connectivity index (χ4v) is 4.59. The van der Waals surface area contributed by atoms with E-state index in [0.29, 0.717) is 26.8 Å². The fraction of sp³-hybridized carbons (Fsp3) is 0.208. The lowest BCUT2D eigenvalue weighted by Crippen LogP contribution is -2.28. The molecule has 0 saturated heterocycles. The highest BCUT2D eigenvalue weighted by atomic mass is 35.5. The standard InChI is InChI=1S/C24H22ClN3O2S/c1-14(2)16-4-6-17(7-5-16)19-12-31-23-22(19)24(30)28(13-26-23)11-21(29)27-20-9-8-18(25)10-15(20)3/h4-10,12-14H,11H2,1-3H3,(H,27,29). The summed E-state index contributed by atoms with van der Waals surface area (Å²) in [6.07, 6.45) is 1.43. The Morgan fingerprint density at radius 3 is 2.61 bits per heavy atom. The van der Waals surface area contributed by atoms with Crippen molar-refractivity contribution >= 4 is 44.7 Å². The van der Waals surface area contributed by atoms with Crippen LogP contribution in [0.25, 0.3) is 21.3 Å². The molecule has 1 amide bonds. The lowest BCUT2D eigenvalue weighted by atomic mass is 9.99. The maximum absolute atomic E-state index is 13.2. The van der Waals surface area contributed by atoms with Crippen LogP contribution in [0.2, 0.25) is 5.02 Å². The van der Waals surface area contributed by atoms with Crippen LogP contribution in [0.1, 0.15) is 30.9 Å². The molecule has 0 spiro atoms. The molecule has 31 heavy (non-hydrogen) atoms. The van der Waals surface area contributed by atoms with Gasteiger partial charge in [0.2, 0.25) is 5.91 Å². The first-order valence-electron chi connectivity index (χ1n) is 9.96. The molecule has 5 nitrogen and oxygen atoms in total. The van der Waals surface area contributed by atoms with Gasteiger partial charge in [0.1, 0.15) is 11.4 Å². The average molecular weight is 452 g/mol. The second-order valence-corrected chi connectivity index (χ2v) is 9.09. The summed E-state index contributed by atoms with van der Waals surface area (Å²) in [6.45, 7) is 6.04. The van der Waals surface area contributed by atoms with Crippen LogP contribution in [-0.4, -0.2) is 15.5 Å². The van der Waals surface area contributed by atoms with E-state index in [4.69, 9.17) is 11.6 Å². The predicted octanol–water partition coefficient (Wildman–Crippen LogP) is 5.85. The molecule has 0 fully saturated rings. The monoisotopic (exact) mass is 451 g/mol. The SMILES string of the molecule is Cc1cc(Cl)ccc1NC(=O)Cn1cnc2scc(-c3ccc(C(C)C)cc3)c2c1=O. The number of amides is 1. The van der Waals surface area contributed by atoms with Crippen LogP contribution in [0, 0.1) is 6.92 Å². The van der Waals surface area contributed by atoms with E-state index in [0.717, 1.165) is 16.7 Å². The van der Waals surface area contributed by atoms with E-state index < -0.39 is 0 Å². The number of carbonyl (C=O) groups is 1. The molecule has 0 aliphatic rings. The molecule has 4 rings (SSSR count). The minimum absolute atomic E-state index is 0.120. The molecule has 1 N–H and O–H groups in total. The van der Waals surface area contributed by atoms with Gasteiger partial charge in [0.05, 0.1) is 11.7 Å². The van der Waals surface area contributed by atoms with Crippen molar-refractivity contribution in [1.29, 1.82) is 0 Å². The maximum Gasteiger partial charge on any atom is 0.263 e. The third-order valence-electron chi connectivity index (χ3n) is 5.23. The van der Waals surface area contributed by atoms with Gasteiger partial charge >= 0.3 is 0 Å². The smallest absolute Gasteiger partial charge is 0.263 e. The molecule has 0 saturated carbocycles. The number of thiophene rings is 1. The summed E-state index contributed by atoms with van der Waals surface area (Å²) in [6, 6.07) is 13.5. The molecule has 0 aliphatic carbocycles. The molecule has 2 heterocycles. The summed E-state index contributed by atoms with van der Waals surface area (Å²) >= 11 is 7.40. The third kappa shape index (κ3) is 4.40. The van der Waals surface area contributed by atoms with Crippen LogP contribution in [-0.2, 0) is 11.3 Å². The van der Waals surface area contributed by atoms with Crippen molar-refractivity contribution < 1.29 is 4.79 Å². The number of nitrogens with zero attached hydrogens (tertiary/aromatic N) is 2. The Labute approximate surface area is 189 Å². The van der Waals surface area contributed by atoms with Gasteiger partial charge < -0.3 is 5.32 Å². The van der Waals surface area contributed by atoms with E-state index >= 15 is 0 Å². The molecule has 4 aromatic rings. The summed E-state index contributed by atoms with van der Waals surface area (Å²) in [7, 11) is 0. The normalized spacial score (nSPS) is 11.3. The summed E-state index contributed by atoms with van der Waals surface area (Å²) in [5.41, 5.74) is 4.35. The maximum atomic E-state index is 13.2. The first kappa shape index (κ1) is 21.3. The molecule has 0 unspecified atom stereocenters. The number of benzene rings is 2. The van der Waals surface area contributed by atoms with Gasteiger partial charge in [-0.1, -0.05) is 49.7 Å². The van der Waals surface area contributed by atoms with Crippen LogP contribution in [0.15, 0.2) is 59.0 Å². The molecule has 0 atom stereocenters. The second kappa shape index (κ2) is 8.65. The Bertz CT molecular complexity index is 1320. The van der Waals surface area contributed by atoms with Crippen molar-refractivity contribution in [3.63, 3.8) is 0 Å². The number of aromatic nitrogens is 2. The second-order valence-electron chi connectivity index (χ2n) is 7.79. The largest absolute Gasteiger partial charge is 0.324 e.